The van der Waals surface area contributed by atoms with E-state index in [2.05, 4.69) is 4.72 Å². The second-order valence-corrected chi connectivity index (χ2v) is 6.01. The first-order valence-electron chi connectivity index (χ1n) is 6.05. The Morgan fingerprint density at radius 2 is 1.95 bits per heavy atom. The molecule has 0 aliphatic carbocycles. The number of hydrogen-bond acceptors (Lipinski definition) is 4. The van der Waals surface area contributed by atoms with E-state index in [-0.39, 0.29) is 18.5 Å². The monoisotopic (exact) mass is 318 g/mol. The van der Waals surface area contributed by atoms with Crippen molar-refractivity contribution in [3.8, 4) is 0 Å². The SMILES string of the molecule is NC(=O)CCCCNS(=O)(=O)c1ccc(C(=O)O)cc1F. The lowest BCUT2D eigenvalue weighted by molar-refractivity contribution is -0.118. The van der Waals surface area contributed by atoms with Gasteiger partial charge in [-0.25, -0.2) is 22.3 Å². The summed E-state index contributed by atoms with van der Waals surface area (Å²) in [7, 11) is -4.07. The summed E-state index contributed by atoms with van der Waals surface area (Å²) in [5.41, 5.74) is 4.59. The topological polar surface area (TPSA) is 127 Å². The molecule has 21 heavy (non-hydrogen) atoms. The van der Waals surface area contributed by atoms with Crippen LogP contribution in [0.2, 0.25) is 0 Å². The number of carbonyl (C=O) groups excluding carboxylic acids is 1. The maximum absolute atomic E-state index is 13.6. The van der Waals surface area contributed by atoms with Gasteiger partial charge < -0.3 is 10.8 Å². The van der Waals surface area contributed by atoms with Gasteiger partial charge in [0, 0.05) is 13.0 Å². The van der Waals surface area contributed by atoms with Gasteiger partial charge in [0.25, 0.3) is 0 Å². The molecule has 0 bridgehead atoms. The Balaban J connectivity index is 2.70. The second-order valence-electron chi connectivity index (χ2n) is 4.27. The van der Waals surface area contributed by atoms with Crippen molar-refractivity contribution >= 4 is 21.9 Å². The predicted molar refractivity (Wildman–Crippen MR) is 71.6 cm³/mol. The van der Waals surface area contributed by atoms with Gasteiger partial charge in [-0.1, -0.05) is 0 Å². The van der Waals surface area contributed by atoms with Crippen molar-refractivity contribution in [2.45, 2.75) is 24.2 Å². The number of amides is 1. The molecule has 0 aliphatic rings. The number of carboxylic acids is 1. The van der Waals surface area contributed by atoms with Gasteiger partial charge in [0.2, 0.25) is 15.9 Å². The van der Waals surface area contributed by atoms with Crippen LogP contribution < -0.4 is 10.5 Å². The largest absolute Gasteiger partial charge is 0.478 e. The first-order chi connectivity index (χ1) is 9.74. The molecule has 0 saturated carbocycles. The van der Waals surface area contributed by atoms with E-state index in [1.165, 1.54) is 0 Å². The number of carboxylic acid groups (broad SMARTS) is 1. The summed E-state index contributed by atoms with van der Waals surface area (Å²) in [5.74, 6) is -2.97. The van der Waals surface area contributed by atoms with E-state index >= 15 is 0 Å². The van der Waals surface area contributed by atoms with E-state index in [1.807, 2.05) is 0 Å². The number of hydrogen-bond donors (Lipinski definition) is 3. The third-order valence-corrected chi connectivity index (χ3v) is 4.10. The summed E-state index contributed by atoms with van der Waals surface area (Å²) in [6, 6.07) is 2.54. The van der Waals surface area contributed by atoms with Crippen LogP contribution in [0.1, 0.15) is 29.6 Å². The molecule has 0 radical (unpaired) electrons. The Kier molecular flexibility index (Phi) is 5.79. The zero-order valence-corrected chi connectivity index (χ0v) is 11.8. The molecule has 0 atom stereocenters. The Morgan fingerprint density at radius 3 is 2.48 bits per heavy atom. The summed E-state index contributed by atoms with van der Waals surface area (Å²) in [5, 5.41) is 8.68. The molecule has 7 nitrogen and oxygen atoms in total. The number of unbranched alkanes of at least 4 members (excludes halogenated alkanes) is 1. The summed E-state index contributed by atoms with van der Waals surface area (Å²) in [6.45, 7) is 0.0235. The summed E-state index contributed by atoms with van der Waals surface area (Å²) in [6.07, 6.45) is 0.929. The van der Waals surface area contributed by atoms with Crippen LogP contribution in [0.25, 0.3) is 0 Å². The number of aromatic carboxylic acids is 1. The first-order valence-corrected chi connectivity index (χ1v) is 7.53. The van der Waals surface area contributed by atoms with Gasteiger partial charge in [-0.05, 0) is 31.0 Å². The van der Waals surface area contributed by atoms with Gasteiger partial charge in [-0.2, -0.15) is 0 Å². The average Bonchev–Trinajstić information content (AvgIpc) is 2.37. The van der Waals surface area contributed by atoms with Crippen molar-refractivity contribution in [3.05, 3.63) is 29.6 Å². The fourth-order valence-electron chi connectivity index (χ4n) is 1.56. The van der Waals surface area contributed by atoms with Gasteiger partial charge >= 0.3 is 5.97 Å². The van der Waals surface area contributed by atoms with Gasteiger partial charge in [-0.15, -0.1) is 0 Å². The highest BCUT2D eigenvalue weighted by Crippen LogP contribution is 2.16. The van der Waals surface area contributed by atoms with Crippen LogP contribution in [0.4, 0.5) is 4.39 Å². The van der Waals surface area contributed by atoms with Crippen molar-refractivity contribution < 1.29 is 27.5 Å². The maximum Gasteiger partial charge on any atom is 0.335 e. The fourth-order valence-corrected chi connectivity index (χ4v) is 2.69. The Morgan fingerprint density at radius 1 is 1.29 bits per heavy atom. The highest BCUT2D eigenvalue weighted by Gasteiger charge is 2.19. The van der Waals surface area contributed by atoms with Gasteiger partial charge in [0.1, 0.15) is 10.7 Å². The van der Waals surface area contributed by atoms with Gasteiger partial charge in [0.05, 0.1) is 5.56 Å². The molecule has 0 fully saturated rings. The van der Waals surface area contributed by atoms with Crippen molar-refractivity contribution in [2.75, 3.05) is 6.54 Å². The lowest BCUT2D eigenvalue weighted by Gasteiger charge is -2.08. The highest BCUT2D eigenvalue weighted by atomic mass is 32.2. The van der Waals surface area contributed by atoms with E-state index in [1.54, 1.807) is 0 Å². The number of sulfonamides is 1. The minimum Gasteiger partial charge on any atom is -0.478 e. The molecule has 1 rings (SSSR count). The molecular weight excluding hydrogens is 303 g/mol. The van der Waals surface area contributed by atoms with Crippen LogP contribution in [0, 0.1) is 5.82 Å². The fraction of sp³-hybridized carbons (Fsp3) is 0.333. The van der Waals surface area contributed by atoms with Crippen LogP contribution in [0.3, 0.4) is 0 Å². The quantitative estimate of drug-likeness (QED) is 0.600. The van der Waals surface area contributed by atoms with Crippen LogP contribution in [-0.2, 0) is 14.8 Å². The Labute approximate surface area is 121 Å². The Hall–Kier alpha value is -2.00. The van der Waals surface area contributed by atoms with Crippen molar-refractivity contribution in [3.63, 3.8) is 0 Å². The summed E-state index contributed by atoms with van der Waals surface area (Å²) < 4.78 is 39.5. The molecule has 9 heteroatoms. The molecule has 0 spiro atoms. The van der Waals surface area contributed by atoms with Gasteiger partial charge in [0.15, 0.2) is 0 Å². The predicted octanol–water partition coefficient (Wildman–Crippen LogP) is 0.458. The summed E-state index contributed by atoms with van der Waals surface area (Å²) >= 11 is 0. The molecule has 0 saturated heterocycles. The third-order valence-electron chi connectivity index (χ3n) is 2.61. The molecule has 4 N–H and O–H groups in total. The molecule has 0 aromatic heterocycles. The van der Waals surface area contributed by atoms with Gasteiger partial charge in [-0.3, -0.25) is 4.79 Å². The van der Waals surface area contributed by atoms with E-state index in [9.17, 15) is 22.4 Å². The lowest BCUT2D eigenvalue weighted by Crippen LogP contribution is -2.26. The number of rotatable bonds is 8. The number of nitrogens with one attached hydrogen (secondary N) is 1. The number of halogens is 1. The summed E-state index contributed by atoms with van der Waals surface area (Å²) in [4.78, 5) is 20.5. The molecule has 116 valence electrons. The van der Waals surface area contributed by atoms with Crippen LogP contribution in [0.5, 0.6) is 0 Å². The van der Waals surface area contributed by atoms with Crippen LogP contribution >= 0.6 is 0 Å². The van der Waals surface area contributed by atoms with E-state index in [0.29, 0.717) is 18.9 Å². The number of carbonyl (C=O) groups is 2. The molecule has 0 unspecified atom stereocenters. The van der Waals surface area contributed by atoms with E-state index < -0.39 is 32.6 Å². The minimum absolute atomic E-state index is 0.0235. The van der Waals surface area contributed by atoms with E-state index in [0.717, 1.165) is 12.1 Å². The van der Waals surface area contributed by atoms with Crippen LogP contribution in [0.15, 0.2) is 23.1 Å². The highest BCUT2D eigenvalue weighted by molar-refractivity contribution is 7.89. The Bertz CT molecular complexity index is 645. The number of primary amides is 1. The normalized spacial score (nSPS) is 11.3. The first kappa shape index (κ1) is 17.1. The van der Waals surface area contributed by atoms with Crippen molar-refractivity contribution in [1.82, 2.24) is 4.72 Å². The number of nitrogens with two attached hydrogens (primary N) is 1. The standard InChI is InChI=1S/C12H15FN2O5S/c13-9-7-8(12(17)18)4-5-10(9)21(19,20)15-6-2-1-3-11(14)16/h4-5,7,15H,1-3,6H2,(H2,14,16)(H,17,18). The molecule has 1 aromatic carbocycles. The number of benzene rings is 1. The molecular formula is C12H15FN2O5S. The minimum atomic E-state index is -4.07. The lowest BCUT2D eigenvalue weighted by atomic mass is 10.2. The van der Waals surface area contributed by atoms with Crippen molar-refractivity contribution in [1.29, 1.82) is 0 Å². The third kappa shape index (κ3) is 5.12. The molecule has 0 aliphatic heterocycles. The van der Waals surface area contributed by atoms with E-state index in [4.69, 9.17) is 10.8 Å². The smallest absolute Gasteiger partial charge is 0.335 e. The maximum atomic E-state index is 13.6. The zero-order chi connectivity index (χ0) is 16.0. The second kappa shape index (κ2) is 7.14. The van der Waals surface area contributed by atoms with Crippen molar-refractivity contribution in [2.24, 2.45) is 5.73 Å². The molecule has 1 aromatic rings. The average molecular weight is 318 g/mol. The van der Waals surface area contributed by atoms with Crippen LogP contribution in [-0.4, -0.2) is 31.9 Å². The molecule has 0 heterocycles. The zero-order valence-electron chi connectivity index (χ0n) is 11.0. The molecule has 1 amide bonds.